The Labute approximate surface area is 224 Å². The van der Waals surface area contributed by atoms with E-state index < -0.39 is 55.9 Å². The minimum Gasteiger partial charge on any atom is -0.486 e. The molecule has 0 unspecified atom stereocenters. The van der Waals surface area contributed by atoms with Crippen LogP contribution in [0.25, 0.3) is 0 Å². The van der Waals surface area contributed by atoms with Gasteiger partial charge < -0.3 is 9.47 Å². The zero-order chi connectivity index (χ0) is 29.2. The van der Waals surface area contributed by atoms with Gasteiger partial charge in [-0.05, 0) is 68.7 Å². The zero-order valence-electron chi connectivity index (χ0n) is 21.5. The normalized spacial score (nSPS) is 16.4. The van der Waals surface area contributed by atoms with Crippen molar-refractivity contribution in [2.24, 2.45) is 0 Å². The Bertz CT molecular complexity index is 1410. The first-order valence-electron chi connectivity index (χ1n) is 12.0. The second-order valence-electron chi connectivity index (χ2n) is 9.63. The molecular weight excluding hydrogens is 566 g/mol. The summed E-state index contributed by atoms with van der Waals surface area (Å²) in [6.07, 6.45) is -5.81. The van der Waals surface area contributed by atoms with Crippen LogP contribution in [-0.2, 0) is 35.8 Å². The maximum atomic E-state index is 13.6. The molecule has 8 nitrogen and oxygen atoms in total. The SMILES string of the molecule is CCCS(=O)(=O)CC[C@H]1CN(S(=O)(=O)c2ccc(F)cc2)c2cc(CC(=O)OC(C)(C)C(F)(F)F)ccc2O1. The lowest BCUT2D eigenvalue weighted by molar-refractivity contribution is -0.257. The summed E-state index contributed by atoms with van der Waals surface area (Å²) in [5.41, 5.74) is -2.58. The van der Waals surface area contributed by atoms with Gasteiger partial charge in [0, 0.05) is 5.75 Å². The number of halogens is 4. The van der Waals surface area contributed by atoms with E-state index in [1.165, 1.54) is 18.2 Å². The fourth-order valence-corrected chi connectivity index (χ4v) is 6.80. The molecule has 1 aliphatic rings. The molecule has 0 aliphatic carbocycles. The Morgan fingerprint density at radius 2 is 1.69 bits per heavy atom. The van der Waals surface area contributed by atoms with Gasteiger partial charge in [-0.15, -0.1) is 0 Å². The van der Waals surface area contributed by atoms with Crippen molar-refractivity contribution in [3.8, 4) is 5.75 Å². The number of fused-ring (bicyclic) bond motifs is 1. The maximum Gasteiger partial charge on any atom is 0.427 e. The van der Waals surface area contributed by atoms with Crippen molar-refractivity contribution in [2.75, 3.05) is 22.4 Å². The molecule has 0 saturated heterocycles. The molecule has 0 bridgehead atoms. The predicted molar refractivity (Wildman–Crippen MR) is 135 cm³/mol. The van der Waals surface area contributed by atoms with E-state index in [1.807, 2.05) is 0 Å². The number of sulfone groups is 1. The van der Waals surface area contributed by atoms with Gasteiger partial charge in [-0.1, -0.05) is 13.0 Å². The van der Waals surface area contributed by atoms with Crippen molar-refractivity contribution in [1.29, 1.82) is 0 Å². The van der Waals surface area contributed by atoms with Gasteiger partial charge in [0.25, 0.3) is 10.0 Å². The Kier molecular flexibility index (Phi) is 8.90. The van der Waals surface area contributed by atoms with Crippen molar-refractivity contribution >= 4 is 31.5 Å². The maximum absolute atomic E-state index is 13.6. The first-order chi connectivity index (χ1) is 17.9. The van der Waals surface area contributed by atoms with Gasteiger partial charge in [0.15, 0.2) is 0 Å². The number of hydrogen-bond donors (Lipinski definition) is 0. The summed E-state index contributed by atoms with van der Waals surface area (Å²) < 4.78 is 116. The molecule has 0 N–H and O–H groups in total. The second-order valence-corrected chi connectivity index (χ2v) is 13.8. The summed E-state index contributed by atoms with van der Waals surface area (Å²) >= 11 is 0. The third-order valence-electron chi connectivity index (χ3n) is 6.02. The van der Waals surface area contributed by atoms with Crippen LogP contribution in [0.15, 0.2) is 47.4 Å². The van der Waals surface area contributed by atoms with E-state index in [-0.39, 0.29) is 46.4 Å². The summed E-state index contributed by atoms with van der Waals surface area (Å²) in [6.45, 7) is 2.86. The lowest BCUT2D eigenvalue weighted by Crippen LogP contribution is -2.44. The topological polar surface area (TPSA) is 107 Å². The van der Waals surface area contributed by atoms with Crippen molar-refractivity contribution in [2.45, 2.75) is 62.8 Å². The Hall–Kier alpha value is -2.87. The molecule has 0 radical (unpaired) electrons. The first kappa shape index (κ1) is 30.7. The number of rotatable bonds is 10. The van der Waals surface area contributed by atoms with E-state index in [9.17, 15) is 39.2 Å². The molecule has 0 aromatic heterocycles. The highest BCUT2D eigenvalue weighted by Gasteiger charge is 2.50. The van der Waals surface area contributed by atoms with Crippen LogP contribution in [-0.4, -0.2) is 58.7 Å². The molecule has 0 fully saturated rings. The largest absolute Gasteiger partial charge is 0.486 e. The summed E-state index contributed by atoms with van der Waals surface area (Å²) in [5, 5.41) is 0. The molecule has 14 heteroatoms. The molecule has 216 valence electrons. The molecule has 0 saturated carbocycles. The number of esters is 1. The fourth-order valence-electron chi connectivity index (χ4n) is 3.85. The third-order valence-corrected chi connectivity index (χ3v) is 9.70. The van der Waals surface area contributed by atoms with Crippen LogP contribution in [0.2, 0.25) is 0 Å². The van der Waals surface area contributed by atoms with Crippen LogP contribution in [0.3, 0.4) is 0 Å². The quantitative estimate of drug-likeness (QED) is 0.296. The smallest absolute Gasteiger partial charge is 0.427 e. The summed E-state index contributed by atoms with van der Waals surface area (Å²) in [6, 6.07) is 8.09. The summed E-state index contributed by atoms with van der Waals surface area (Å²) in [5.74, 6) is -2.03. The van der Waals surface area contributed by atoms with Crippen LogP contribution >= 0.6 is 0 Å². The number of carbonyl (C=O) groups is 1. The second kappa shape index (κ2) is 11.3. The van der Waals surface area contributed by atoms with Gasteiger partial charge in [-0.25, -0.2) is 21.2 Å². The summed E-state index contributed by atoms with van der Waals surface area (Å²) in [7, 11) is -7.70. The van der Waals surface area contributed by atoms with Crippen molar-refractivity contribution < 1.29 is 48.7 Å². The average Bonchev–Trinajstić information content (AvgIpc) is 2.81. The number of anilines is 1. The third kappa shape index (κ3) is 7.41. The first-order valence-corrected chi connectivity index (χ1v) is 15.3. The van der Waals surface area contributed by atoms with Crippen LogP contribution in [0.4, 0.5) is 23.2 Å². The van der Waals surface area contributed by atoms with Crippen molar-refractivity contribution in [1.82, 2.24) is 0 Å². The molecule has 2 aromatic carbocycles. The number of benzene rings is 2. The molecule has 0 amide bonds. The number of sulfonamides is 1. The highest BCUT2D eigenvalue weighted by Crippen LogP contribution is 2.39. The van der Waals surface area contributed by atoms with E-state index in [0.717, 1.165) is 28.6 Å². The monoisotopic (exact) mass is 595 g/mol. The van der Waals surface area contributed by atoms with Gasteiger partial charge in [-0.2, -0.15) is 13.2 Å². The highest BCUT2D eigenvalue weighted by molar-refractivity contribution is 7.93. The molecule has 1 aliphatic heterocycles. The van der Waals surface area contributed by atoms with Crippen LogP contribution < -0.4 is 9.04 Å². The molecule has 2 aromatic rings. The van der Waals surface area contributed by atoms with Crippen molar-refractivity contribution in [3.63, 3.8) is 0 Å². The Balaban J connectivity index is 1.94. The molecular formula is C25H29F4NO7S2. The van der Waals surface area contributed by atoms with Gasteiger partial charge in [-0.3, -0.25) is 9.10 Å². The van der Waals surface area contributed by atoms with E-state index in [1.54, 1.807) is 6.92 Å². The van der Waals surface area contributed by atoms with Gasteiger partial charge in [0.05, 0.1) is 29.3 Å². The van der Waals surface area contributed by atoms with Crippen LogP contribution in [0.1, 0.15) is 39.2 Å². The minimum absolute atomic E-state index is 0.00217. The number of carbonyl (C=O) groups excluding carboxylic acids is 1. The Morgan fingerprint density at radius 1 is 1.05 bits per heavy atom. The molecule has 3 rings (SSSR count). The van der Waals surface area contributed by atoms with Crippen LogP contribution in [0.5, 0.6) is 5.75 Å². The van der Waals surface area contributed by atoms with E-state index in [2.05, 4.69) is 4.74 Å². The minimum atomic E-state index is -4.80. The number of alkyl halides is 3. The van der Waals surface area contributed by atoms with Gasteiger partial charge >= 0.3 is 12.1 Å². The van der Waals surface area contributed by atoms with E-state index >= 15 is 0 Å². The highest BCUT2D eigenvalue weighted by atomic mass is 32.2. The van der Waals surface area contributed by atoms with E-state index in [4.69, 9.17) is 4.74 Å². The lowest BCUT2D eigenvalue weighted by atomic mass is 10.1. The average molecular weight is 596 g/mol. The Morgan fingerprint density at radius 3 is 2.28 bits per heavy atom. The zero-order valence-corrected chi connectivity index (χ0v) is 23.1. The fraction of sp³-hybridized carbons (Fsp3) is 0.480. The summed E-state index contributed by atoms with van der Waals surface area (Å²) in [4.78, 5) is 12.0. The lowest BCUT2D eigenvalue weighted by Gasteiger charge is -2.36. The van der Waals surface area contributed by atoms with E-state index in [0.29, 0.717) is 20.3 Å². The van der Waals surface area contributed by atoms with Crippen molar-refractivity contribution in [3.05, 3.63) is 53.8 Å². The number of nitrogens with zero attached hydrogens (tertiary/aromatic N) is 1. The van der Waals surface area contributed by atoms with Gasteiger partial charge in [0.2, 0.25) is 5.60 Å². The molecule has 1 heterocycles. The molecule has 39 heavy (non-hydrogen) atoms. The number of ether oxygens (including phenoxy) is 2. The standard InChI is InChI=1S/C25H29F4NO7S2/c1-4-12-38(32,33)13-11-19-16-30(39(34,35)20-8-6-18(26)7-9-20)21-14-17(5-10-22(21)36-19)15-23(31)37-24(2,3)25(27,28)29/h5-10,14,19H,4,11-13,15-16H2,1-3H3/t19-/m0/s1. The van der Waals surface area contributed by atoms with Crippen LogP contribution in [0, 0.1) is 5.82 Å². The number of hydrogen-bond acceptors (Lipinski definition) is 7. The predicted octanol–water partition coefficient (Wildman–Crippen LogP) is 4.42. The van der Waals surface area contributed by atoms with Gasteiger partial charge in [0.1, 0.15) is 27.5 Å². The molecule has 1 atom stereocenters. The molecule has 0 spiro atoms.